The topological polar surface area (TPSA) is 95.9 Å². The first-order valence-corrected chi connectivity index (χ1v) is 11.4. The van der Waals surface area contributed by atoms with E-state index in [1.165, 1.54) is 12.0 Å². The highest BCUT2D eigenvalue weighted by Gasteiger charge is 2.36. The molecular formula is C26H30F2N2O5. The first-order chi connectivity index (χ1) is 16.4. The first kappa shape index (κ1) is 26.1. The molecule has 3 rings (SSSR count). The van der Waals surface area contributed by atoms with Crippen LogP contribution < -0.4 is 10.1 Å². The fourth-order valence-corrected chi connectivity index (χ4v) is 4.39. The predicted molar refractivity (Wildman–Crippen MR) is 126 cm³/mol. The van der Waals surface area contributed by atoms with Crippen molar-refractivity contribution in [1.29, 1.82) is 0 Å². The number of amides is 2. The minimum Gasteiger partial charge on any atom is -0.497 e. The van der Waals surface area contributed by atoms with Gasteiger partial charge in [-0.2, -0.15) is 0 Å². The summed E-state index contributed by atoms with van der Waals surface area (Å²) >= 11 is 0. The summed E-state index contributed by atoms with van der Waals surface area (Å²) in [7, 11) is 1.53. The van der Waals surface area contributed by atoms with E-state index in [1.54, 1.807) is 39.0 Å². The van der Waals surface area contributed by atoms with Gasteiger partial charge >= 0.3 is 5.97 Å². The van der Waals surface area contributed by atoms with Crippen molar-refractivity contribution >= 4 is 23.5 Å². The molecule has 0 aromatic heterocycles. The van der Waals surface area contributed by atoms with Gasteiger partial charge in [-0.05, 0) is 53.6 Å². The average Bonchev–Trinajstić information content (AvgIpc) is 2.75. The second-order valence-corrected chi connectivity index (χ2v) is 9.61. The molecule has 0 fully saturated rings. The van der Waals surface area contributed by atoms with Gasteiger partial charge in [-0.25, -0.2) is 8.78 Å². The predicted octanol–water partition coefficient (Wildman–Crippen LogP) is 4.59. The number of halogens is 2. The van der Waals surface area contributed by atoms with E-state index < -0.39 is 35.0 Å². The lowest BCUT2D eigenvalue weighted by atomic mass is 9.86. The molecule has 0 aliphatic carbocycles. The molecule has 188 valence electrons. The molecule has 2 aromatic carbocycles. The van der Waals surface area contributed by atoms with E-state index in [1.807, 2.05) is 0 Å². The van der Waals surface area contributed by atoms with E-state index in [4.69, 9.17) is 9.84 Å². The van der Waals surface area contributed by atoms with E-state index >= 15 is 0 Å². The molecule has 2 amide bonds. The molecule has 0 spiro atoms. The zero-order valence-corrected chi connectivity index (χ0v) is 20.3. The highest BCUT2D eigenvalue weighted by atomic mass is 19.1. The van der Waals surface area contributed by atoms with E-state index in [0.717, 1.165) is 17.7 Å². The molecule has 1 heterocycles. The Bertz CT molecular complexity index is 1120. The van der Waals surface area contributed by atoms with Crippen molar-refractivity contribution in [2.75, 3.05) is 19.0 Å². The summed E-state index contributed by atoms with van der Waals surface area (Å²) < 4.78 is 34.7. The summed E-state index contributed by atoms with van der Waals surface area (Å²) in [5.74, 6) is -2.94. The zero-order valence-electron chi connectivity index (χ0n) is 20.3. The number of anilines is 1. The minimum atomic E-state index is -1.05. The number of nitrogens with zero attached hydrogens (tertiary/aromatic N) is 1. The van der Waals surface area contributed by atoms with Crippen LogP contribution in [0.3, 0.4) is 0 Å². The number of carbonyl (C=O) groups is 3. The van der Waals surface area contributed by atoms with Crippen LogP contribution in [0.4, 0.5) is 14.5 Å². The number of aliphatic carboxylic acids is 1. The van der Waals surface area contributed by atoms with E-state index in [2.05, 4.69) is 5.32 Å². The lowest BCUT2D eigenvalue weighted by Crippen LogP contribution is -2.45. The number of fused-ring (bicyclic) bond motifs is 1. The lowest BCUT2D eigenvalue weighted by Gasteiger charge is -2.36. The number of carboxylic acids is 1. The Kier molecular flexibility index (Phi) is 7.77. The van der Waals surface area contributed by atoms with Crippen LogP contribution in [0.5, 0.6) is 5.75 Å². The van der Waals surface area contributed by atoms with Crippen LogP contribution in [0.15, 0.2) is 30.3 Å². The molecule has 0 saturated heterocycles. The van der Waals surface area contributed by atoms with Gasteiger partial charge in [0, 0.05) is 30.6 Å². The van der Waals surface area contributed by atoms with Gasteiger partial charge < -0.3 is 20.1 Å². The number of ether oxygens (including phenoxy) is 1. The molecule has 2 aromatic rings. The number of hydrogen-bond donors (Lipinski definition) is 2. The molecular weight excluding hydrogens is 458 g/mol. The molecule has 1 aliphatic rings. The Hall–Kier alpha value is -3.49. The third kappa shape index (κ3) is 5.96. The third-order valence-corrected chi connectivity index (χ3v) is 5.99. The lowest BCUT2D eigenvalue weighted by molar-refractivity contribution is -0.140. The molecule has 7 nitrogen and oxygen atoms in total. The third-order valence-electron chi connectivity index (χ3n) is 5.99. The molecule has 2 N–H and O–H groups in total. The van der Waals surface area contributed by atoms with Crippen LogP contribution in [-0.4, -0.2) is 41.4 Å². The second kappa shape index (κ2) is 10.4. The number of benzene rings is 2. The second-order valence-electron chi connectivity index (χ2n) is 9.61. The average molecular weight is 489 g/mol. The molecule has 0 saturated carbocycles. The highest BCUT2D eigenvalue weighted by Crippen LogP contribution is 2.35. The Morgan fingerprint density at radius 1 is 1.11 bits per heavy atom. The van der Waals surface area contributed by atoms with E-state index in [-0.39, 0.29) is 43.0 Å². The zero-order chi connectivity index (χ0) is 25.9. The summed E-state index contributed by atoms with van der Waals surface area (Å²) in [6.45, 7) is 5.30. The number of methoxy groups -OCH3 is 1. The number of nitrogens with one attached hydrogen (secondary N) is 1. The number of carbonyl (C=O) groups excluding carboxylic acids is 2. The normalized spacial score (nSPS) is 15.4. The fourth-order valence-electron chi connectivity index (χ4n) is 4.39. The smallest absolute Gasteiger partial charge is 0.303 e. The Balaban J connectivity index is 1.93. The number of hydrogen-bond acceptors (Lipinski definition) is 4. The van der Waals surface area contributed by atoms with Gasteiger partial charge in [0.1, 0.15) is 23.4 Å². The maximum atomic E-state index is 14.7. The standard InChI is InChI=1S/C26H30F2N2O5/c1-26(2,3)23-19(27)13-16(14-20(23)28)29-25(34)24-18-9-8-17(35-4)12-15(18)10-11-30(24)21(31)6-5-7-22(32)33/h8-9,12-14,24H,5-7,10-11H2,1-4H3,(H,29,34)(H,32,33). The van der Waals surface area contributed by atoms with Crippen molar-refractivity contribution < 1.29 is 33.0 Å². The van der Waals surface area contributed by atoms with Crippen molar-refractivity contribution in [2.24, 2.45) is 0 Å². The van der Waals surface area contributed by atoms with E-state index in [0.29, 0.717) is 17.7 Å². The summed E-state index contributed by atoms with van der Waals surface area (Å²) in [5.41, 5.74) is 0.489. The van der Waals surface area contributed by atoms with Crippen LogP contribution in [0, 0.1) is 11.6 Å². The Morgan fingerprint density at radius 3 is 2.34 bits per heavy atom. The first-order valence-electron chi connectivity index (χ1n) is 11.4. The maximum absolute atomic E-state index is 14.7. The van der Waals surface area contributed by atoms with Gasteiger partial charge in [0.05, 0.1) is 7.11 Å². The van der Waals surface area contributed by atoms with Crippen molar-refractivity contribution in [3.8, 4) is 5.75 Å². The number of carboxylic acid groups (broad SMARTS) is 1. The van der Waals surface area contributed by atoms with Gasteiger partial charge in [0.25, 0.3) is 5.91 Å². The minimum absolute atomic E-state index is 0.0366. The molecule has 0 radical (unpaired) electrons. The van der Waals surface area contributed by atoms with Crippen LogP contribution in [-0.2, 0) is 26.2 Å². The van der Waals surface area contributed by atoms with Crippen molar-refractivity contribution in [3.63, 3.8) is 0 Å². The molecule has 9 heteroatoms. The van der Waals surface area contributed by atoms with Crippen LogP contribution >= 0.6 is 0 Å². The van der Waals surface area contributed by atoms with Crippen LogP contribution in [0.1, 0.15) is 62.8 Å². The molecule has 1 aliphatic heterocycles. The summed E-state index contributed by atoms with van der Waals surface area (Å²) in [6, 6.07) is 6.25. The molecule has 0 bridgehead atoms. The van der Waals surface area contributed by atoms with Gasteiger partial charge in [0.2, 0.25) is 5.91 Å². The molecule has 1 atom stereocenters. The van der Waals surface area contributed by atoms with E-state index in [9.17, 15) is 23.2 Å². The maximum Gasteiger partial charge on any atom is 0.303 e. The van der Waals surface area contributed by atoms with Crippen molar-refractivity contribution in [1.82, 2.24) is 4.90 Å². The van der Waals surface area contributed by atoms with Gasteiger partial charge in [-0.1, -0.05) is 26.8 Å². The van der Waals surface area contributed by atoms with Gasteiger partial charge in [0.15, 0.2) is 0 Å². The fraction of sp³-hybridized carbons (Fsp3) is 0.423. The van der Waals surface area contributed by atoms with Crippen LogP contribution in [0.25, 0.3) is 0 Å². The quantitative estimate of drug-likeness (QED) is 0.594. The van der Waals surface area contributed by atoms with Crippen molar-refractivity contribution in [2.45, 2.75) is 57.9 Å². The van der Waals surface area contributed by atoms with Crippen molar-refractivity contribution in [3.05, 3.63) is 58.7 Å². The Morgan fingerprint density at radius 2 is 1.77 bits per heavy atom. The Labute approximate surface area is 203 Å². The highest BCUT2D eigenvalue weighted by molar-refractivity contribution is 5.98. The summed E-state index contributed by atoms with van der Waals surface area (Å²) in [6.07, 6.45) is 0.414. The van der Waals surface area contributed by atoms with Gasteiger partial charge in [-0.15, -0.1) is 0 Å². The molecule has 1 unspecified atom stereocenters. The molecule has 35 heavy (non-hydrogen) atoms. The van der Waals surface area contributed by atoms with Crippen LogP contribution in [0.2, 0.25) is 0 Å². The van der Waals surface area contributed by atoms with Gasteiger partial charge in [-0.3, -0.25) is 14.4 Å². The summed E-state index contributed by atoms with van der Waals surface area (Å²) in [4.78, 5) is 38.6. The largest absolute Gasteiger partial charge is 0.497 e. The SMILES string of the molecule is COc1ccc2c(c1)CCN(C(=O)CCCC(=O)O)C2C(=O)Nc1cc(F)c(C(C)(C)C)c(F)c1. The summed E-state index contributed by atoms with van der Waals surface area (Å²) in [5, 5.41) is 11.4. The monoisotopic (exact) mass is 488 g/mol. The number of rotatable bonds is 7.